The molecule has 3 aromatic rings. The molecule has 0 saturated heterocycles. The van der Waals surface area contributed by atoms with Gasteiger partial charge in [0, 0.05) is 17.3 Å². The zero-order valence-electron chi connectivity index (χ0n) is 10.8. The van der Waals surface area contributed by atoms with E-state index >= 15 is 0 Å². The minimum Gasteiger partial charge on any atom is -0.423 e. The average Bonchev–Trinajstić information content (AvgIpc) is 2.48. The molecule has 100 valence electrons. The average molecular weight is 285 g/mol. The molecule has 0 unspecified atom stereocenters. The minimum absolute atomic E-state index is 0.302. The first-order chi connectivity index (χ1) is 9.76. The number of fused-ring (bicyclic) bond motifs is 1. The molecule has 0 amide bonds. The molecule has 3 rings (SSSR count). The van der Waals surface area contributed by atoms with E-state index in [-0.39, 0.29) is 5.63 Å². The molecule has 20 heavy (non-hydrogen) atoms. The van der Waals surface area contributed by atoms with Gasteiger partial charge in [-0.05, 0) is 35.2 Å². The van der Waals surface area contributed by atoms with Crippen LogP contribution in [-0.2, 0) is 12.3 Å². The molecule has 1 heterocycles. The highest BCUT2D eigenvalue weighted by Gasteiger charge is 2.06. The summed E-state index contributed by atoms with van der Waals surface area (Å²) < 4.78 is 5.20. The van der Waals surface area contributed by atoms with Gasteiger partial charge in [-0.15, -0.1) is 11.6 Å². The van der Waals surface area contributed by atoms with Crippen molar-refractivity contribution in [1.82, 2.24) is 0 Å². The number of alkyl halides is 1. The molecule has 0 aliphatic rings. The number of rotatable bonds is 3. The van der Waals surface area contributed by atoms with Crippen LogP contribution in [0.15, 0.2) is 63.8 Å². The Labute approximate surface area is 121 Å². The summed E-state index contributed by atoms with van der Waals surface area (Å²) in [5, 5.41) is 0.910. The first-order valence-electron chi connectivity index (χ1n) is 6.42. The fourth-order valence-corrected chi connectivity index (χ4v) is 2.55. The standard InChI is InChI=1S/C17H13ClO2/c18-11-14-10-17(19)20-16-7-6-13(9-15(14)16)8-12-4-2-1-3-5-12/h1-7,9-10H,8,11H2. The summed E-state index contributed by atoms with van der Waals surface area (Å²) in [5.41, 5.74) is 3.46. The molecule has 3 heteroatoms. The van der Waals surface area contributed by atoms with Crippen molar-refractivity contribution in [3.63, 3.8) is 0 Å². The lowest BCUT2D eigenvalue weighted by atomic mass is 10.0. The molecule has 0 spiro atoms. The Morgan fingerprint density at radius 1 is 0.950 bits per heavy atom. The number of hydrogen-bond donors (Lipinski definition) is 0. The summed E-state index contributed by atoms with van der Waals surface area (Å²) in [6.45, 7) is 0. The van der Waals surface area contributed by atoms with Crippen LogP contribution in [0.4, 0.5) is 0 Å². The van der Waals surface area contributed by atoms with E-state index in [1.54, 1.807) is 0 Å². The lowest BCUT2D eigenvalue weighted by molar-refractivity contribution is 0.559. The summed E-state index contributed by atoms with van der Waals surface area (Å²) in [4.78, 5) is 11.4. The van der Waals surface area contributed by atoms with Gasteiger partial charge in [-0.2, -0.15) is 0 Å². The van der Waals surface area contributed by atoms with Crippen LogP contribution in [0, 0.1) is 0 Å². The smallest absolute Gasteiger partial charge is 0.336 e. The van der Waals surface area contributed by atoms with E-state index < -0.39 is 0 Å². The highest BCUT2D eigenvalue weighted by atomic mass is 35.5. The van der Waals surface area contributed by atoms with Crippen molar-refractivity contribution in [3.8, 4) is 0 Å². The normalized spacial score (nSPS) is 10.8. The Balaban J connectivity index is 2.06. The topological polar surface area (TPSA) is 30.2 Å². The lowest BCUT2D eigenvalue weighted by Crippen LogP contribution is -2.00. The Morgan fingerprint density at radius 2 is 1.75 bits per heavy atom. The molecule has 1 aromatic heterocycles. The van der Waals surface area contributed by atoms with E-state index in [1.807, 2.05) is 36.4 Å². The van der Waals surface area contributed by atoms with Gasteiger partial charge in [0.15, 0.2) is 0 Å². The van der Waals surface area contributed by atoms with Gasteiger partial charge in [0.2, 0.25) is 0 Å². The van der Waals surface area contributed by atoms with Crippen LogP contribution < -0.4 is 5.63 Å². The van der Waals surface area contributed by atoms with Crippen LogP contribution in [0.25, 0.3) is 11.0 Å². The molecule has 0 radical (unpaired) electrons. The third-order valence-electron chi connectivity index (χ3n) is 3.29. The summed E-state index contributed by atoms with van der Waals surface area (Å²) in [6, 6.07) is 17.6. The Kier molecular flexibility index (Phi) is 3.57. The molecular weight excluding hydrogens is 272 g/mol. The second-order valence-corrected chi connectivity index (χ2v) is 4.98. The molecule has 2 aromatic carbocycles. The third kappa shape index (κ3) is 2.61. The molecular formula is C17H13ClO2. The predicted octanol–water partition coefficient (Wildman–Crippen LogP) is 4.12. The molecule has 0 N–H and O–H groups in total. The van der Waals surface area contributed by atoms with Crippen LogP contribution in [-0.4, -0.2) is 0 Å². The molecule has 0 aliphatic carbocycles. The van der Waals surface area contributed by atoms with Gasteiger partial charge in [-0.25, -0.2) is 4.79 Å². The molecule has 0 aliphatic heterocycles. The highest BCUT2D eigenvalue weighted by molar-refractivity contribution is 6.17. The maximum absolute atomic E-state index is 11.4. The van der Waals surface area contributed by atoms with Gasteiger partial charge < -0.3 is 4.42 Å². The second kappa shape index (κ2) is 5.51. The number of hydrogen-bond acceptors (Lipinski definition) is 2. The highest BCUT2D eigenvalue weighted by Crippen LogP contribution is 2.21. The zero-order valence-corrected chi connectivity index (χ0v) is 11.6. The van der Waals surface area contributed by atoms with E-state index in [4.69, 9.17) is 16.0 Å². The van der Waals surface area contributed by atoms with E-state index in [9.17, 15) is 4.79 Å². The van der Waals surface area contributed by atoms with Crippen molar-refractivity contribution < 1.29 is 4.42 Å². The fraction of sp³-hybridized carbons (Fsp3) is 0.118. The van der Waals surface area contributed by atoms with Crippen molar-refractivity contribution in [2.75, 3.05) is 0 Å². The van der Waals surface area contributed by atoms with Gasteiger partial charge in [0.25, 0.3) is 0 Å². The minimum atomic E-state index is -0.357. The third-order valence-corrected chi connectivity index (χ3v) is 3.58. The molecule has 0 saturated carbocycles. The van der Waals surface area contributed by atoms with Crippen molar-refractivity contribution in [2.24, 2.45) is 0 Å². The van der Waals surface area contributed by atoms with Gasteiger partial charge in [-0.3, -0.25) is 0 Å². The van der Waals surface area contributed by atoms with Crippen molar-refractivity contribution in [3.05, 3.63) is 81.7 Å². The van der Waals surface area contributed by atoms with Gasteiger partial charge in [0.05, 0.1) is 0 Å². The SMILES string of the molecule is O=c1cc(CCl)c2cc(Cc3ccccc3)ccc2o1. The maximum Gasteiger partial charge on any atom is 0.336 e. The van der Waals surface area contributed by atoms with Crippen LogP contribution in [0.2, 0.25) is 0 Å². The molecule has 0 atom stereocenters. The van der Waals surface area contributed by atoms with Crippen molar-refractivity contribution in [1.29, 1.82) is 0 Å². The van der Waals surface area contributed by atoms with Crippen molar-refractivity contribution in [2.45, 2.75) is 12.3 Å². The summed E-state index contributed by atoms with van der Waals surface area (Å²) in [5.74, 6) is 0.302. The van der Waals surface area contributed by atoms with Gasteiger partial charge >= 0.3 is 5.63 Å². The molecule has 0 bridgehead atoms. The molecule has 0 fully saturated rings. The Bertz CT molecular complexity index is 791. The summed E-state index contributed by atoms with van der Waals surface area (Å²) in [7, 11) is 0. The number of benzene rings is 2. The lowest BCUT2D eigenvalue weighted by Gasteiger charge is -2.06. The second-order valence-electron chi connectivity index (χ2n) is 4.72. The van der Waals surface area contributed by atoms with Crippen LogP contribution in [0.5, 0.6) is 0 Å². The fourth-order valence-electron chi connectivity index (χ4n) is 2.33. The summed E-state index contributed by atoms with van der Waals surface area (Å²) >= 11 is 5.91. The van der Waals surface area contributed by atoms with Gasteiger partial charge in [-0.1, -0.05) is 36.4 Å². The zero-order chi connectivity index (χ0) is 13.9. The maximum atomic E-state index is 11.4. The van der Waals surface area contributed by atoms with Crippen LogP contribution in [0.3, 0.4) is 0 Å². The largest absolute Gasteiger partial charge is 0.423 e. The quantitative estimate of drug-likeness (QED) is 0.535. The van der Waals surface area contributed by atoms with Crippen molar-refractivity contribution >= 4 is 22.6 Å². The molecule has 2 nitrogen and oxygen atoms in total. The van der Waals surface area contributed by atoms with Crippen LogP contribution in [0.1, 0.15) is 16.7 Å². The van der Waals surface area contributed by atoms with Gasteiger partial charge in [0.1, 0.15) is 5.58 Å². The Morgan fingerprint density at radius 3 is 2.50 bits per heavy atom. The monoisotopic (exact) mass is 284 g/mol. The van der Waals surface area contributed by atoms with E-state index in [1.165, 1.54) is 17.2 Å². The Hall–Kier alpha value is -2.06. The van der Waals surface area contributed by atoms with E-state index in [2.05, 4.69) is 12.1 Å². The number of halogens is 1. The first kappa shape index (κ1) is 12.9. The predicted molar refractivity (Wildman–Crippen MR) is 81.3 cm³/mol. The van der Waals surface area contributed by atoms with Crippen LogP contribution >= 0.6 is 11.6 Å². The first-order valence-corrected chi connectivity index (χ1v) is 6.95. The van der Waals surface area contributed by atoms with E-state index in [0.717, 1.165) is 17.4 Å². The van der Waals surface area contributed by atoms with E-state index in [0.29, 0.717) is 11.5 Å². The summed E-state index contributed by atoms with van der Waals surface area (Å²) in [6.07, 6.45) is 0.845.